The van der Waals surface area contributed by atoms with E-state index in [4.69, 9.17) is 23.2 Å². The first-order chi connectivity index (χ1) is 12.5. The molecule has 1 aromatic heterocycles. The molecule has 1 aliphatic heterocycles. The topological polar surface area (TPSA) is 81.0 Å². The molecule has 0 unspecified atom stereocenters. The highest BCUT2D eigenvalue weighted by Crippen LogP contribution is 2.20. The summed E-state index contributed by atoms with van der Waals surface area (Å²) >= 11 is 11.9. The molecular weight excluding hydrogens is 377 g/mol. The van der Waals surface area contributed by atoms with Gasteiger partial charge in [0.2, 0.25) is 0 Å². The normalized spacial score (nSPS) is 13.3. The highest BCUT2D eigenvalue weighted by atomic mass is 35.5. The van der Waals surface area contributed by atoms with E-state index in [0.29, 0.717) is 36.1 Å². The number of rotatable bonds is 6. The van der Waals surface area contributed by atoms with E-state index in [1.54, 1.807) is 22.8 Å². The van der Waals surface area contributed by atoms with Crippen LogP contribution in [0, 0.1) is 0 Å². The van der Waals surface area contributed by atoms with Gasteiger partial charge in [-0.05, 0) is 37.0 Å². The van der Waals surface area contributed by atoms with Crippen molar-refractivity contribution in [1.29, 1.82) is 0 Å². The van der Waals surface area contributed by atoms with Crippen molar-refractivity contribution in [3.05, 3.63) is 50.1 Å². The van der Waals surface area contributed by atoms with Crippen LogP contribution in [0.3, 0.4) is 0 Å². The fourth-order valence-corrected chi connectivity index (χ4v) is 3.40. The van der Waals surface area contributed by atoms with Crippen LogP contribution >= 0.6 is 23.2 Å². The number of halogens is 2. The highest BCUT2D eigenvalue weighted by molar-refractivity contribution is 6.35. The molecule has 3 rings (SSSR count). The van der Waals surface area contributed by atoms with Gasteiger partial charge < -0.3 is 10.6 Å². The van der Waals surface area contributed by atoms with Gasteiger partial charge in [-0.2, -0.15) is 5.10 Å². The first-order valence-corrected chi connectivity index (χ1v) is 9.42. The molecule has 0 radical (unpaired) electrons. The average molecular weight is 398 g/mol. The van der Waals surface area contributed by atoms with Gasteiger partial charge in [0.25, 0.3) is 0 Å². The molecule has 0 fully saturated rings. The van der Waals surface area contributed by atoms with Gasteiger partial charge >= 0.3 is 11.7 Å². The molecule has 2 aromatic rings. The number of hydrogen-bond donors (Lipinski definition) is 2. The fourth-order valence-electron chi connectivity index (χ4n) is 2.93. The summed E-state index contributed by atoms with van der Waals surface area (Å²) in [4.78, 5) is 24.1. The Hall–Kier alpha value is -1.99. The van der Waals surface area contributed by atoms with Crippen molar-refractivity contribution in [2.45, 2.75) is 45.3 Å². The Morgan fingerprint density at radius 1 is 1.23 bits per heavy atom. The average Bonchev–Trinajstić information content (AvgIpc) is 2.94. The van der Waals surface area contributed by atoms with Crippen molar-refractivity contribution in [2.24, 2.45) is 0 Å². The molecule has 1 aromatic carbocycles. The summed E-state index contributed by atoms with van der Waals surface area (Å²) in [6, 6.07) is 4.86. The summed E-state index contributed by atoms with van der Waals surface area (Å²) < 4.78 is 3.24. The molecule has 0 aliphatic carbocycles. The minimum Gasteiger partial charge on any atom is -0.338 e. The Bertz CT molecular complexity index is 846. The van der Waals surface area contributed by atoms with Crippen molar-refractivity contribution in [1.82, 2.24) is 25.0 Å². The Morgan fingerprint density at radius 2 is 2.08 bits per heavy atom. The molecule has 26 heavy (non-hydrogen) atoms. The quantitative estimate of drug-likeness (QED) is 0.734. The Balaban J connectivity index is 1.40. The molecule has 2 amide bonds. The van der Waals surface area contributed by atoms with Gasteiger partial charge in [-0.25, -0.2) is 14.3 Å². The fraction of sp³-hybridized carbons (Fsp3) is 0.471. The molecule has 140 valence electrons. The number of benzene rings is 1. The molecular formula is C17H21Cl2N5O2. The Morgan fingerprint density at radius 3 is 2.85 bits per heavy atom. The molecule has 2 heterocycles. The lowest BCUT2D eigenvalue weighted by molar-refractivity contribution is 0.240. The molecule has 2 N–H and O–H groups in total. The first kappa shape index (κ1) is 18.8. The van der Waals surface area contributed by atoms with Crippen LogP contribution < -0.4 is 16.3 Å². The first-order valence-electron chi connectivity index (χ1n) is 8.67. The van der Waals surface area contributed by atoms with Gasteiger partial charge in [0.05, 0.1) is 0 Å². The van der Waals surface area contributed by atoms with Crippen LogP contribution in [0.15, 0.2) is 23.0 Å². The highest BCUT2D eigenvalue weighted by Gasteiger charge is 2.16. The summed E-state index contributed by atoms with van der Waals surface area (Å²) in [5.41, 5.74) is 0.739. The van der Waals surface area contributed by atoms with Crippen molar-refractivity contribution in [3.8, 4) is 0 Å². The van der Waals surface area contributed by atoms with Crippen molar-refractivity contribution >= 4 is 29.2 Å². The van der Waals surface area contributed by atoms with Crippen molar-refractivity contribution in [2.75, 3.05) is 6.54 Å². The molecule has 0 spiro atoms. The van der Waals surface area contributed by atoms with Gasteiger partial charge in [-0.15, -0.1) is 0 Å². The lowest BCUT2D eigenvalue weighted by Gasteiger charge is -2.09. The number of nitrogens with one attached hydrogen (secondary N) is 2. The number of nitrogens with zero attached hydrogens (tertiary/aromatic N) is 3. The summed E-state index contributed by atoms with van der Waals surface area (Å²) in [5, 5.41) is 11.0. The summed E-state index contributed by atoms with van der Waals surface area (Å²) in [6.45, 7) is 2.01. The van der Waals surface area contributed by atoms with E-state index in [9.17, 15) is 9.59 Å². The van der Waals surface area contributed by atoms with Gasteiger partial charge in [0.1, 0.15) is 5.82 Å². The summed E-state index contributed by atoms with van der Waals surface area (Å²) in [7, 11) is 0. The van der Waals surface area contributed by atoms with E-state index in [0.717, 1.165) is 37.2 Å². The maximum Gasteiger partial charge on any atom is 0.345 e. The third-order valence-corrected chi connectivity index (χ3v) is 4.91. The van der Waals surface area contributed by atoms with Crippen LogP contribution in [0.4, 0.5) is 4.79 Å². The maximum atomic E-state index is 12.2. The number of fused-ring (bicyclic) bond motifs is 1. The smallest absolute Gasteiger partial charge is 0.338 e. The minimum atomic E-state index is -0.285. The second-order valence-electron chi connectivity index (χ2n) is 6.23. The van der Waals surface area contributed by atoms with E-state index >= 15 is 0 Å². The van der Waals surface area contributed by atoms with Crippen LogP contribution in [0.5, 0.6) is 0 Å². The number of urea groups is 1. The number of aryl methyl sites for hydroxylation is 2. The molecule has 1 aliphatic rings. The van der Waals surface area contributed by atoms with Crippen LogP contribution in [0.2, 0.25) is 10.0 Å². The maximum absolute atomic E-state index is 12.2. The number of hydrogen-bond acceptors (Lipinski definition) is 3. The Kier molecular flexibility index (Phi) is 6.21. The molecule has 0 bridgehead atoms. The standard InChI is InChI=1S/C17H21Cl2N5O2/c18-13-6-5-12(14(19)10-13)11-21-16(25)20-7-3-9-24-17(26)23-8-2-1-4-15(23)22-24/h5-6,10H,1-4,7-9,11H2,(H2,20,21,25). The summed E-state index contributed by atoms with van der Waals surface area (Å²) in [5.74, 6) is 0.867. The van der Waals surface area contributed by atoms with Gasteiger partial charge in [0, 0.05) is 42.6 Å². The molecule has 9 heteroatoms. The van der Waals surface area contributed by atoms with Crippen LogP contribution in [0.1, 0.15) is 30.7 Å². The second kappa shape index (κ2) is 8.60. The van der Waals surface area contributed by atoms with E-state index in [1.807, 2.05) is 0 Å². The SMILES string of the molecule is O=C(NCCCn1nc2n(c1=O)CCCC2)NCc1ccc(Cl)cc1Cl. The Labute approximate surface area is 161 Å². The van der Waals surface area contributed by atoms with Crippen molar-refractivity contribution < 1.29 is 4.79 Å². The monoisotopic (exact) mass is 397 g/mol. The zero-order valence-electron chi connectivity index (χ0n) is 14.3. The molecule has 0 saturated carbocycles. The van der Waals surface area contributed by atoms with Gasteiger partial charge in [-0.3, -0.25) is 4.57 Å². The van der Waals surface area contributed by atoms with E-state index < -0.39 is 0 Å². The van der Waals surface area contributed by atoms with E-state index in [1.165, 1.54) is 4.68 Å². The minimum absolute atomic E-state index is 0.0541. The number of amides is 2. The van der Waals surface area contributed by atoms with Crippen LogP contribution in [0.25, 0.3) is 0 Å². The lowest BCUT2D eigenvalue weighted by Crippen LogP contribution is -2.36. The number of carbonyl (C=O) groups excluding carboxylic acids is 1. The zero-order valence-corrected chi connectivity index (χ0v) is 15.8. The van der Waals surface area contributed by atoms with E-state index in [-0.39, 0.29) is 11.7 Å². The van der Waals surface area contributed by atoms with Crippen molar-refractivity contribution in [3.63, 3.8) is 0 Å². The largest absolute Gasteiger partial charge is 0.345 e. The van der Waals surface area contributed by atoms with Crippen LogP contribution in [-0.4, -0.2) is 26.9 Å². The van der Waals surface area contributed by atoms with E-state index in [2.05, 4.69) is 15.7 Å². The second-order valence-corrected chi connectivity index (χ2v) is 7.07. The predicted octanol–water partition coefficient (Wildman–Crippen LogP) is 2.58. The molecule has 0 atom stereocenters. The third kappa shape index (κ3) is 4.59. The zero-order chi connectivity index (χ0) is 18.5. The lowest BCUT2D eigenvalue weighted by atomic mass is 10.2. The third-order valence-electron chi connectivity index (χ3n) is 4.32. The van der Waals surface area contributed by atoms with Gasteiger partial charge in [-0.1, -0.05) is 29.3 Å². The molecule has 7 nitrogen and oxygen atoms in total. The summed E-state index contributed by atoms with van der Waals surface area (Å²) in [6.07, 6.45) is 3.59. The predicted molar refractivity (Wildman–Crippen MR) is 101 cm³/mol. The molecule has 0 saturated heterocycles. The number of carbonyl (C=O) groups is 1. The van der Waals surface area contributed by atoms with Gasteiger partial charge in [0.15, 0.2) is 0 Å². The van der Waals surface area contributed by atoms with Crippen LogP contribution in [-0.2, 0) is 26.1 Å². The number of aromatic nitrogens is 3.